The Labute approximate surface area is 103 Å². The first-order valence-corrected chi connectivity index (χ1v) is 6.40. The Kier molecular flexibility index (Phi) is 3.67. The van der Waals surface area contributed by atoms with E-state index in [9.17, 15) is 4.79 Å². The van der Waals surface area contributed by atoms with Crippen molar-refractivity contribution >= 4 is 11.6 Å². The summed E-state index contributed by atoms with van der Waals surface area (Å²) in [7, 11) is 0. The van der Waals surface area contributed by atoms with Gasteiger partial charge in [0.05, 0.1) is 0 Å². The fourth-order valence-electron chi connectivity index (χ4n) is 2.30. The van der Waals surface area contributed by atoms with Crippen LogP contribution in [0, 0.1) is 0 Å². The fourth-order valence-corrected chi connectivity index (χ4v) is 2.30. The summed E-state index contributed by atoms with van der Waals surface area (Å²) in [6.45, 7) is 3.90. The summed E-state index contributed by atoms with van der Waals surface area (Å²) >= 11 is 0. The Balaban J connectivity index is 2.09. The van der Waals surface area contributed by atoms with Crippen LogP contribution in [0.1, 0.15) is 42.1 Å². The summed E-state index contributed by atoms with van der Waals surface area (Å²) < 4.78 is 0. The maximum atomic E-state index is 12.2. The minimum atomic E-state index is 0.148. The van der Waals surface area contributed by atoms with Gasteiger partial charge in [0.25, 0.3) is 5.91 Å². The van der Waals surface area contributed by atoms with Gasteiger partial charge in [0.1, 0.15) is 0 Å². The normalized spacial score (nSPS) is 14.9. The second kappa shape index (κ2) is 5.21. The number of hydrogen-bond acceptors (Lipinski definition) is 2. The monoisotopic (exact) mass is 232 g/mol. The second-order valence-corrected chi connectivity index (χ2v) is 4.67. The van der Waals surface area contributed by atoms with Crippen LogP contribution in [0.5, 0.6) is 0 Å². The summed E-state index contributed by atoms with van der Waals surface area (Å²) in [5.74, 6) is 0.148. The minimum Gasteiger partial charge on any atom is -0.399 e. The molecule has 0 fully saturated rings. The Morgan fingerprint density at radius 1 is 1.35 bits per heavy atom. The number of anilines is 1. The molecule has 1 aliphatic heterocycles. The van der Waals surface area contributed by atoms with Crippen LogP contribution < -0.4 is 5.73 Å². The van der Waals surface area contributed by atoms with E-state index in [2.05, 4.69) is 6.92 Å². The van der Waals surface area contributed by atoms with Gasteiger partial charge in [-0.05, 0) is 30.5 Å². The molecular weight excluding hydrogens is 212 g/mol. The quantitative estimate of drug-likeness (QED) is 0.640. The first-order chi connectivity index (χ1) is 8.22. The number of nitrogens with two attached hydrogens (primary N) is 1. The molecule has 1 aromatic carbocycles. The molecule has 0 bridgehead atoms. The molecule has 0 atom stereocenters. The zero-order chi connectivity index (χ0) is 12.3. The number of unbranched alkanes of at least 4 members (excludes halogenated alkanes) is 2. The number of amides is 1. The van der Waals surface area contributed by atoms with Gasteiger partial charge in [-0.25, -0.2) is 0 Å². The zero-order valence-corrected chi connectivity index (χ0v) is 10.4. The van der Waals surface area contributed by atoms with Crippen LogP contribution in [0.15, 0.2) is 18.2 Å². The molecule has 2 rings (SSSR count). The highest BCUT2D eigenvalue weighted by molar-refractivity contribution is 5.97. The molecule has 17 heavy (non-hydrogen) atoms. The molecule has 0 radical (unpaired) electrons. The molecule has 0 aliphatic carbocycles. The number of nitrogen functional groups attached to an aromatic ring is 1. The standard InChI is InChI=1S/C14H20N2O/c1-2-3-4-8-16-9-7-11-5-6-12(15)10-13(11)14(16)17/h5-6,10H,2-4,7-9,15H2,1H3. The van der Waals surface area contributed by atoms with E-state index >= 15 is 0 Å². The SMILES string of the molecule is CCCCCN1CCc2ccc(N)cc2C1=O. The van der Waals surface area contributed by atoms with Gasteiger partial charge >= 0.3 is 0 Å². The summed E-state index contributed by atoms with van der Waals surface area (Å²) in [5, 5.41) is 0. The molecule has 0 unspecified atom stereocenters. The van der Waals surface area contributed by atoms with Crippen molar-refractivity contribution in [2.45, 2.75) is 32.6 Å². The van der Waals surface area contributed by atoms with E-state index < -0.39 is 0 Å². The van der Waals surface area contributed by atoms with Crippen molar-refractivity contribution in [3.05, 3.63) is 29.3 Å². The van der Waals surface area contributed by atoms with Crippen molar-refractivity contribution < 1.29 is 4.79 Å². The van der Waals surface area contributed by atoms with Gasteiger partial charge in [0.2, 0.25) is 0 Å². The molecule has 1 heterocycles. The van der Waals surface area contributed by atoms with Crippen LogP contribution in [0.3, 0.4) is 0 Å². The van der Waals surface area contributed by atoms with Crippen LogP contribution >= 0.6 is 0 Å². The van der Waals surface area contributed by atoms with Gasteiger partial charge in [-0.1, -0.05) is 25.8 Å². The summed E-state index contributed by atoms with van der Waals surface area (Å²) in [5.41, 5.74) is 8.35. The predicted octanol–water partition coefficient (Wildman–Crippen LogP) is 2.46. The average Bonchev–Trinajstić information content (AvgIpc) is 2.33. The van der Waals surface area contributed by atoms with E-state index in [1.54, 1.807) is 0 Å². The van der Waals surface area contributed by atoms with E-state index in [0.29, 0.717) is 5.69 Å². The van der Waals surface area contributed by atoms with E-state index in [-0.39, 0.29) is 5.91 Å². The highest BCUT2D eigenvalue weighted by Gasteiger charge is 2.23. The van der Waals surface area contributed by atoms with Crippen molar-refractivity contribution in [3.8, 4) is 0 Å². The maximum Gasteiger partial charge on any atom is 0.254 e. The molecule has 92 valence electrons. The average molecular weight is 232 g/mol. The third-order valence-electron chi connectivity index (χ3n) is 3.33. The lowest BCUT2D eigenvalue weighted by Gasteiger charge is -2.28. The van der Waals surface area contributed by atoms with Crippen LogP contribution in [-0.2, 0) is 6.42 Å². The molecule has 0 aromatic heterocycles. The van der Waals surface area contributed by atoms with Crippen molar-refractivity contribution in [3.63, 3.8) is 0 Å². The Morgan fingerprint density at radius 2 is 2.18 bits per heavy atom. The van der Waals surface area contributed by atoms with E-state index in [1.165, 1.54) is 12.8 Å². The largest absolute Gasteiger partial charge is 0.399 e. The number of carbonyl (C=O) groups excluding carboxylic acids is 1. The van der Waals surface area contributed by atoms with Crippen LogP contribution in [-0.4, -0.2) is 23.9 Å². The third kappa shape index (κ3) is 2.60. The van der Waals surface area contributed by atoms with E-state index in [4.69, 9.17) is 5.73 Å². The van der Waals surface area contributed by atoms with E-state index in [1.807, 2.05) is 23.1 Å². The lowest BCUT2D eigenvalue weighted by Crippen LogP contribution is -2.38. The first kappa shape index (κ1) is 12.0. The van der Waals surface area contributed by atoms with Gasteiger partial charge in [0.15, 0.2) is 0 Å². The molecule has 1 amide bonds. The molecule has 0 saturated carbocycles. The van der Waals surface area contributed by atoms with Gasteiger partial charge < -0.3 is 10.6 Å². The first-order valence-electron chi connectivity index (χ1n) is 6.40. The van der Waals surface area contributed by atoms with Crippen LogP contribution in [0.2, 0.25) is 0 Å². The lowest BCUT2D eigenvalue weighted by molar-refractivity contribution is 0.0737. The maximum absolute atomic E-state index is 12.2. The van der Waals surface area contributed by atoms with Crippen molar-refractivity contribution in [1.82, 2.24) is 4.90 Å². The number of benzene rings is 1. The van der Waals surface area contributed by atoms with Gasteiger partial charge in [-0.2, -0.15) is 0 Å². The van der Waals surface area contributed by atoms with Crippen LogP contribution in [0.4, 0.5) is 5.69 Å². The number of carbonyl (C=O) groups is 1. The molecule has 0 spiro atoms. The highest BCUT2D eigenvalue weighted by Crippen LogP contribution is 2.21. The highest BCUT2D eigenvalue weighted by atomic mass is 16.2. The zero-order valence-electron chi connectivity index (χ0n) is 10.4. The molecule has 1 aromatic rings. The van der Waals surface area contributed by atoms with Gasteiger partial charge in [-0.15, -0.1) is 0 Å². The third-order valence-corrected chi connectivity index (χ3v) is 3.33. The smallest absolute Gasteiger partial charge is 0.254 e. The van der Waals surface area contributed by atoms with Gasteiger partial charge in [0, 0.05) is 24.3 Å². The predicted molar refractivity (Wildman–Crippen MR) is 70.0 cm³/mol. The van der Waals surface area contributed by atoms with Crippen molar-refractivity contribution in [2.24, 2.45) is 0 Å². The Hall–Kier alpha value is -1.51. The number of hydrogen-bond donors (Lipinski definition) is 1. The fraction of sp³-hybridized carbons (Fsp3) is 0.500. The number of fused-ring (bicyclic) bond motifs is 1. The summed E-state index contributed by atoms with van der Waals surface area (Å²) in [4.78, 5) is 14.2. The number of rotatable bonds is 4. The molecule has 0 saturated heterocycles. The minimum absolute atomic E-state index is 0.148. The van der Waals surface area contributed by atoms with Crippen molar-refractivity contribution in [1.29, 1.82) is 0 Å². The molecule has 3 heteroatoms. The second-order valence-electron chi connectivity index (χ2n) is 4.67. The van der Waals surface area contributed by atoms with Crippen molar-refractivity contribution in [2.75, 3.05) is 18.8 Å². The molecule has 2 N–H and O–H groups in total. The Bertz CT molecular complexity index is 415. The van der Waals surface area contributed by atoms with Crippen LogP contribution in [0.25, 0.3) is 0 Å². The molecule has 3 nitrogen and oxygen atoms in total. The summed E-state index contributed by atoms with van der Waals surface area (Å²) in [6, 6.07) is 5.66. The Morgan fingerprint density at radius 3 is 2.94 bits per heavy atom. The lowest BCUT2D eigenvalue weighted by atomic mass is 9.98. The van der Waals surface area contributed by atoms with Gasteiger partial charge in [-0.3, -0.25) is 4.79 Å². The summed E-state index contributed by atoms with van der Waals surface area (Å²) in [6.07, 6.45) is 4.42. The number of nitrogens with zero attached hydrogens (tertiary/aromatic N) is 1. The van der Waals surface area contributed by atoms with E-state index in [0.717, 1.165) is 37.1 Å². The molecule has 1 aliphatic rings. The topological polar surface area (TPSA) is 46.3 Å². The molecular formula is C14H20N2O.